The Morgan fingerprint density at radius 3 is 2.61 bits per heavy atom. The summed E-state index contributed by atoms with van der Waals surface area (Å²) in [7, 11) is 2.96. The molecule has 0 radical (unpaired) electrons. The number of carbonyl (C=O) groups excluding carboxylic acids is 2. The van der Waals surface area contributed by atoms with Crippen molar-refractivity contribution in [1.29, 1.82) is 0 Å². The normalized spacial score (nSPS) is 17.2. The van der Waals surface area contributed by atoms with Gasteiger partial charge in [-0.3, -0.25) is 9.78 Å². The number of hydrogen-bond acceptors (Lipinski definition) is 8. The molecule has 1 atom stereocenters. The molecule has 1 amide bonds. The number of amides is 1. The maximum absolute atomic E-state index is 12.7. The number of pyridine rings is 1. The summed E-state index contributed by atoms with van der Waals surface area (Å²) in [4.78, 5) is 36.3. The van der Waals surface area contributed by atoms with Crippen LogP contribution in [0.2, 0.25) is 0 Å². The van der Waals surface area contributed by atoms with Gasteiger partial charge in [-0.15, -0.1) is 0 Å². The van der Waals surface area contributed by atoms with Crippen molar-refractivity contribution in [2.75, 3.05) is 14.2 Å². The largest absolute Gasteiger partial charge is 0.497 e. The molecule has 3 heterocycles. The number of allylic oxidation sites excluding steroid dienone is 1. The van der Waals surface area contributed by atoms with Crippen LogP contribution < -0.4 is 10.1 Å². The lowest BCUT2D eigenvalue weighted by atomic mass is 9.94. The predicted molar refractivity (Wildman–Crippen MR) is 126 cm³/mol. The Bertz CT molecular complexity index is 1140. The van der Waals surface area contributed by atoms with Crippen LogP contribution in [0.3, 0.4) is 0 Å². The summed E-state index contributed by atoms with van der Waals surface area (Å²) in [5.74, 6) is 0.115. The number of nitrogens with one attached hydrogen (secondary N) is 1. The van der Waals surface area contributed by atoms with Crippen molar-refractivity contribution in [2.45, 2.75) is 25.9 Å². The molecule has 0 bridgehead atoms. The predicted octanol–water partition coefficient (Wildman–Crippen LogP) is 3.54. The molecule has 8 nitrogen and oxygen atoms in total. The van der Waals surface area contributed by atoms with Crippen molar-refractivity contribution in [3.8, 4) is 5.75 Å². The number of aliphatic imine (C=N–C) groups is 1. The Balaban J connectivity index is 1.60. The number of fused-ring (bicyclic) bond motifs is 1. The molecule has 1 aromatic carbocycles. The van der Waals surface area contributed by atoms with Gasteiger partial charge in [-0.1, -0.05) is 30.0 Å². The Morgan fingerprint density at radius 2 is 1.94 bits per heavy atom. The first kappa shape index (κ1) is 22.6. The maximum atomic E-state index is 12.7. The molecule has 0 saturated heterocycles. The van der Waals surface area contributed by atoms with Crippen molar-refractivity contribution in [1.82, 2.24) is 15.2 Å². The van der Waals surface area contributed by atoms with Gasteiger partial charge in [-0.2, -0.15) is 0 Å². The minimum atomic E-state index is -0.472. The molecule has 0 aliphatic carbocycles. The summed E-state index contributed by atoms with van der Waals surface area (Å²) in [5, 5.41) is 5.53. The minimum Gasteiger partial charge on any atom is -0.497 e. The molecule has 2 aliphatic heterocycles. The average Bonchev–Trinajstić information content (AvgIpc) is 3.23. The topological polar surface area (TPSA) is 93.1 Å². The Kier molecular flexibility index (Phi) is 6.79. The lowest BCUT2D eigenvalue weighted by molar-refractivity contribution is -0.136. The Hall–Kier alpha value is -3.59. The number of methoxy groups -OCH3 is 2. The molecule has 0 spiro atoms. The molecule has 4 rings (SSSR count). The van der Waals surface area contributed by atoms with E-state index >= 15 is 0 Å². The van der Waals surface area contributed by atoms with Gasteiger partial charge in [0.2, 0.25) is 5.91 Å². The molecule has 33 heavy (non-hydrogen) atoms. The molecule has 1 N–H and O–H groups in total. The highest BCUT2D eigenvalue weighted by Gasteiger charge is 2.40. The van der Waals surface area contributed by atoms with E-state index in [0.717, 1.165) is 17.0 Å². The lowest BCUT2D eigenvalue weighted by Gasteiger charge is -2.36. The van der Waals surface area contributed by atoms with E-state index in [1.165, 1.54) is 18.9 Å². The third-order valence-corrected chi connectivity index (χ3v) is 6.26. The zero-order valence-corrected chi connectivity index (χ0v) is 19.4. The van der Waals surface area contributed by atoms with Crippen molar-refractivity contribution in [2.24, 2.45) is 4.99 Å². The van der Waals surface area contributed by atoms with Crippen molar-refractivity contribution in [3.63, 3.8) is 0 Å². The molecule has 9 heteroatoms. The van der Waals surface area contributed by atoms with Crippen LogP contribution in [0.5, 0.6) is 5.75 Å². The summed E-state index contributed by atoms with van der Waals surface area (Å²) < 4.78 is 10.4. The molecule has 0 fully saturated rings. The van der Waals surface area contributed by atoms with Gasteiger partial charge in [0, 0.05) is 11.9 Å². The second-order valence-electron chi connectivity index (χ2n) is 7.43. The highest BCUT2D eigenvalue weighted by Crippen LogP contribution is 2.44. The summed E-state index contributed by atoms with van der Waals surface area (Å²) >= 11 is 1.43. The van der Waals surface area contributed by atoms with Crippen molar-refractivity contribution >= 4 is 28.8 Å². The number of amidine groups is 1. The van der Waals surface area contributed by atoms with E-state index < -0.39 is 12.0 Å². The fourth-order valence-corrected chi connectivity index (χ4v) is 4.73. The highest BCUT2D eigenvalue weighted by atomic mass is 32.2. The van der Waals surface area contributed by atoms with E-state index in [1.807, 2.05) is 52.8 Å². The van der Waals surface area contributed by atoms with Crippen LogP contribution in [0.15, 0.2) is 76.0 Å². The van der Waals surface area contributed by atoms with Crippen LogP contribution in [0.1, 0.15) is 30.6 Å². The standard InChI is InChI=1S/C24H24N4O4S/c1-15-21(23(30)32-3)22(16-7-9-19(31-2)10-8-16)28-18(14-33-24(28)27-15)12-20(29)26-13-17-6-4-5-11-25-17/h4-11,14,22H,12-13H2,1-3H3,(H,26,29)/t22-/m0/s1. The fraction of sp³-hybridized carbons (Fsp3) is 0.250. The fourth-order valence-electron chi connectivity index (χ4n) is 3.76. The number of nitrogens with zero attached hydrogens (tertiary/aromatic N) is 3. The lowest BCUT2D eigenvalue weighted by Crippen LogP contribution is -2.37. The van der Waals surface area contributed by atoms with Gasteiger partial charge >= 0.3 is 5.97 Å². The quantitative estimate of drug-likeness (QED) is 0.627. The number of carbonyl (C=O) groups is 2. The minimum absolute atomic E-state index is 0.138. The summed E-state index contributed by atoms with van der Waals surface area (Å²) in [6, 6.07) is 12.6. The molecule has 170 valence electrons. The van der Waals surface area contributed by atoms with Gasteiger partial charge in [-0.25, -0.2) is 9.79 Å². The van der Waals surface area contributed by atoms with Crippen molar-refractivity contribution in [3.05, 3.63) is 82.3 Å². The van der Waals surface area contributed by atoms with Crippen molar-refractivity contribution < 1.29 is 19.1 Å². The first-order valence-corrected chi connectivity index (χ1v) is 11.2. The van der Waals surface area contributed by atoms with E-state index in [0.29, 0.717) is 28.7 Å². The number of esters is 1. The van der Waals surface area contributed by atoms with Crippen LogP contribution in [0, 0.1) is 0 Å². The van der Waals surface area contributed by atoms with Gasteiger partial charge in [0.25, 0.3) is 0 Å². The number of ether oxygens (including phenoxy) is 2. The average molecular weight is 465 g/mol. The van der Waals surface area contributed by atoms with Crippen LogP contribution in [0.25, 0.3) is 0 Å². The molecule has 2 aliphatic rings. The first-order valence-electron chi connectivity index (χ1n) is 10.3. The third-order valence-electron chi connectivity index (χ3n) is 5.37. The molecule has 0 saturated carbocycles. The van der Waals surface area contributed by atoms with Gasteiger partial charge in [0.05, 0.1) is 50.2 Å². The summed E-state index contributed by atoms with van der Waals surface area (Å²) in [6.07, 6.45) is 1.83. The van der Waals surface area contributed by atoms with E-state index in [2.05, 4.69) is 15.3 Å². The SMILES string of the molecule is COC(=O)C1=C(C)N=C2SC=C(CC(=O)NCc3ccccn3)N2[C@H]1c1ccc(OC)cc1. The molecule has 2 aromatic rings. The smallest absolute Gasteiger partial charge is 0.338 e. The van der Waals surface area contributed by atoms with E-state index in [1.54, 1.807) is 20.2 Å². The third kappa shape index (κ3) is 4.78. The van der Waals surface area contributed by atoms with E-state index in [9.17, 15) is 9.59 Å². The van der Waals surface area contributed by atoms with E-state index in [-0.39, 0.29) is 12.3 Å². The number of hydrogen-bond donors (Lipinski definition) is 1. The number of thioether (sulfide) groups is 1. The highest BCUT2D eigenvalue weighted by molar-refractivity contribution is 8.16. The zero-order chi connectivity index (χ0) is 23.4. The van der Waals surface area contributed by atoms with E-state index in [4.69, 9.17) is 9.47 Å². The molecular formula is C24H24N4O4S. The second kappa shape index (κ2) is 9.91. The van der Waals surface area contributed by atoms with Crippen LogP contribution >= 0.6 is 11.8 Å². The van der Waals surface area contributed by atoms with Gasteiger partial charge in [-0.05, 0) is 42.2 Å². The first-order chi connectivity index (χ1) is 16.0. The van der Waals surface area contributed by atoms with Crippen LogP contribution in [-0.4, -0.2) is 41.1 Å². The number of benzene rings is 1. The molecule has 1 aromatic heterocycles. The summed E-state index contributed by atoms with van der Waals surface area (Å²) in [6.45, 7) is 2.14. The number of aromatic nitrogens is 1. The molecular weight excluding hydrogens is 440 g/mol. The Labute approximate surface area is 196 Å². The van der Waals surface area contributed by atoms with Crippen LogP contribution in [-0.2, 0) is 20.9 Å². The Morgan fingerprint density at radius 1 is 1.15 bits per heavy atom. The van der Waals surface area contributed by atoms with Gasteiger partial charge in [0.1, 0.15) is 5.75 Å². The van der Waals surface area contributed by atoms with Gasteiger partial charge in [0.15, 0.2) is 5.17 Å². The second-order valence-corrected chi connectivity index (χ2v) is 8.27. The zero-order valence-electron chi connectivity index (χ0n) is 18.6. The maximum Gasteiger partial charge on any atom is 0.338 e. The molecule has 0 unspecified atom stereocenters. The number of rotatable bonds is 7. The van der Waals surface area contributed by atoms with Crippen LogP contribution in [0.4, 0.5) is 0 Å². The summed E-state index contributed by atoms with van der Waals surface area (Å²) in [5.41, 5.74) is 3.44. The monoisotopic (exact) mass is 464 g/mol. The van der Waals surface area contributed by atoms with Gasteiger partial charge < -0.3 is 19.7 Å².